The molecular formula is C9H18N2. The lowest BCUT2D eigenvalue weighted by Gasteiger charge is -2.12. The molecule has 1 unspecified atom stereocenters. The second-order valence-corrected chi connectivity index (χ2v) is 3.38. The van der Waals surface area contributed by atoms with Crippen molar-refractivity contribution < 1.29 is 0 Å². The van der Waals surface area contributed by atoms with Crippen LogP contribution >= 0.6 is 0 Å². The second-order valence-electron chi connectivity index (χ2n) is 3.38. The highest BCUT2D eigenvalue weighted by Crippen LogP contribution is 2.12. The number of nitrogens with one attached hydrogen (secondary N) is 1. The molecule has 0 saturated carbocycles. The highest BCUT2D eigenvalue weighted by molar-refractivity contribution is 4.86. The zero-order chi connectivity index (χ0) is 8.27. The molecule has 0 bridgehead atoms. The Morgan fingerprint density at radius 1 is 1.64 bits per heavy atom. The summed E-state index contributed by atoms with van der Waals surface area (Å²) in [6.45, 7) is 11.7. The minimum Gasteiger partial charge on any atom is -0.389 e. The third-order valence-electron chi connectivity index (χ3n) is 2.09. The average molecular weight is 154 g/mol. The van der Waals surface area contributed by atoms with Gasteiger partial charge in [0.1, 0.15) is 0 Å². The Morgan fingerprint density at radius 3 is 2.73 bits per heavy atom. The van der Waals surface area contributed by atoms with E-state index in [1.165, 1.54) is 19.5 Å². The Morgan fingerprint density at radius 2 is 2.27 bits per heavy atom. The van der Waals surface area contributed by atoms with Gasteiger partial charge in [-0.1, -0.05) is 6.58 Å². The van der Waals surface area contributed by atoms with Gasteiger partial charge in [0.25, 0.3) is 0 Å². The van der Waals surface area contributed by atoms with E-state index in [2.05, 4.69) is 23.7 Å². The SMILES string of the molecule is C=C(C)NCCC(C)N1CC1. The maximum absolute atomic E-state index is 3.79. The monoisotopic (exact) mass is 154 g/mol. The van der Waals surface area contributed by atoms with Crippen molar-refractivity contribution >= 4 is 0 Å². The van der Waals surface area contributed by atoms with E-state index >= 15 is 0 Å². The van der Waals surface area contributed by atoms with Gasteiger partial charge in [-0.25, -0.2) is 0 Å². The van der Waals surface area contributed by atoms with Crippen molar-refractivity contribution in [2.45, 2.75) is 26.3 Å². The van der Waals surface area contributed by atoms with Crippen molar-refractivity contribution in [2.24, 2.45) is 0 Å². The quantitative estimate of drug-likeness (QED) is 0.599. The highest BCUT2D eigenvalue weighted by atomic mass is 15.3. The van der Waals surface area contributed by atoms with E-state index in [4.69, 9.17) is 0 Å². The van der Waals surface area contributed by atoms with E-state index < -0.39 is 0 Å². The fourth-order valence-electron chi connectivity index (χ4n) is 1.18. The van der Waals surface area contributed by atoms with Gasteiger partial charge in [-0.2, -0.15) is 0 Å². The van der Waals surface area contributed by atoms with E-state index in [-0.39, 0.29) is 0 Å². The molecule has 2 heteroatoms. The zero-order valence-corrected chi connectivity index (χ0v) is 7.56. The van der Waals surface area contributed by atoms with Crippen LogP contribution in [0.1, 0.15) is 20.3 Å². The highest BCUT2D eigenvalue weighted by Gasteiger charge is 2.22. The maximum atomic E-state index is 3.79. The number of rotatable bonds is 5. The first-order valence-electron chi connectivity index (χ1n) is 4.33. The summed E-state index contributed by atoms with van der Waals surface area (Å²) in [6, 6.07) is 0.752. The Labute approximate surface area is 69.3 Å². The van der Waals surface area contributed by atoms with E-state index in [0.717, 1.165) is 18.3 Å². The summed E-state index contributed by atoms with van der Waals surface area (Å²) in [7, 11) is 0. The van der Waals surface area contributed by atoms with Crippen LogP contribution in [-0.4, -0.2) is 30.6 Å². The largest absolute Gasteiger partial charge is 0.389 e. The first-order valence-corrected chi connectivity index (χ1v) is 4.33. The summed E-state index contributed by atoms with van der Waals surface area (Å²) in [4.78, 5) is 2.47. The third kappa shape index (κ3) is 3.42. The van der Waals surface area contributed by atoms with Crippen molar-refractivity contribution in [3.05, 3.63) is 12.3 Å². The molecule has 0 aromatic rings. The third-order valence-corrected chi connectivity index (χ3v) is 2.09. The molecule has 0 aromatic heterocycles. The molecule has 11 heavy (non-hydrogen) atoms. The van der Waals surface area contributed by atoms with Crippen LogP contribution in [0, 0.1) is 0 Å². The topological polar surface area (TPSA) is 15.0 Å². The number of hydrogen-bond acceptors (Lipinski definition) is 2. The van der Waals surface area contributed by atoms with Crippen LogP contribution in [0.5, 0.6) is 0 Å². The zero-order valence-electron chi connectivity index (χ0n) is 7.56. The molecule has 1 rings (SSSR count). The molecule has 0 aromatic carbocycles. The van der Waals surface area contributed by atoms with Crippen LogP contribution in [0.3, 0.4) is 0 Å². The van der Waals surface area contributed by atoms with E-state index in [1.54, 1.807) is 0 Å². The summed E-state index contributed by atoms with van der Waals surface area (Å²) in [5, 5.41) is 3.24. The lowest BCUT2D eigenvalue weighted by atomic mass is 10.2. The Hall–Kier alpha value is -0.500. The lowest BCUT2D eigenvalue weighted by Crippen LogP contribution is -2.21. The fraction of sp³-hybridized carbons (Fsp3) is 0.778. The lowest BCUT2D eigenvalue weighted by molar-refractivity contribution is 0.400. The smallest absolute Gasteiger partial charge is 0.0158 e. The molecule has 1 fully saturated rings. The van der Waals surface area contributed by atoms with Crippen molar-refractivity contribution in [3.8, 4) is 0 Å². The standard InChI is InChI=1S/C9H18N2/c1-8(2)10-5-4-9(3)11-6-7-11/h9-10H,1,4-7H2,2-3H3. The van der Waals surface area contributed by atoms with Crippen LogP contribution in [0.15, 0.2) is 12.3 Å². The molecule has 1 aliphatic rings. The van der Waals surface area contributed by atoms with Gasteiger partial charge in [0, 0.05) is 31.4 Å². The van der Waals surface area contributed by atoms with Crippen LogP contribution in [0.25, 0.3) is 0 Å². The summed E-state index contributed by atoms with van der Waals surface area (Å²) in [5.74, 6) is 0. The van der Waals surface area contributed by atoms with Gasteiger partial charge in [-0.05, 0) is 20.3 Å². The summed E-state index contributed by atoms with van der Waals surface area (Å²) in [6.07, 6.45) is 1.23. The van der Waals surface area contributed by atoms with E-state index in [1.807, 2.05) is 6.92 Å². The molecule has 1 aliphatic heterocycles. The van der Waals surface area contributed by atoms with Gasteiger partial charge in [-0.15, -0.1) is 0 Å². The predicted octanol–water partition coefficient (Wildman–Crippen LogP) is 1.20. The number of hydrogen-bond donors (Lipinski definition) is 1. The van der Waals surface area contributed by atoms with Crippen LogP contribution in [0.4, 0.5) is 0 Å². The summed E-state index contributed by atoms with van der Waals surface area (Å²) in [5.41, 5.74) is 1.07. The molecule has 1 atom stereocenters. The summed E-state index contributed by atoms with van der Waals surface area (Å²) >= 11 is 0. The number of nitrogens with zero attached hydrogens (tertiary/aromatic N) is 1. The average Bonchev–Trinajstić information content (AvgIpc) is 2.66. The summed E-state index contributed by atoms with van der Waals surface area (Å²) < 4.78 is 0. The molecule has 0 aliphatic carbocycles. The van der Waals surface area contributed by atoms with Gasteiger partial charge < -0.3 is 5.32 Å². The molecule has 2 nitrogen and oxygen atoms in total. The molecule has 1 heterocycles. The van der Waals surface area contributed by atoms with Crippen molar-refractivity contribution in [2.75, 3.05) is 19.6 Å². The minimum absolute atomic E-state index is 0.752. The minimum atomic E-state index is 0.752. The van der Waals surface area contributed by atoms with Gasteiger partial charge in [-0.3, -0.25) is 4.90 Å². The predicted molar refractivity (Wildman–Crippen MR) is 48.5 cm³/mol. The fourth-order valence-corrected chi connectivity index (χ4v) is 1.18. The van der Waals surface area contributed by atoms with Crippen molar-refractivity contribution in [3.63, 3.8) is 0 Å². The molecular weight excluding hydrogens is 136 g/mol. The number of allylic oxidation sites excluding steroid dienone is 1. The second kappa shape index (κ2) is 3.77. The molecule has 0 radical (unpaired) electrons. The molecule has 1 N–H and O–H groups in total. The van der Waals surface area contributed by atoms with Crippen LogP contribution in [0.2, 0.25) is 0 Å². The normalized spacial score (nSPS) is 19.5. The molecule has 0 spiro atoms. The Bertz CT molecular complexity index is 138. The Balaban J connectivity index is 1.97. The van der Waals surface area contributed by atoms with Gasteiger partial charge >= 0.3 is 0 Å². The van der Waals surface area contributed by atoms with Gasteiger partial charge in [0.2, 0.25) is 0 Å². The van der Waals surface area contributed by atoms with Crippen molar-refractivity contribution in [1.82, 2.24) is 10.2 Å². The van der Waals surface area contributed by atoms with E-state index in [0.29, 0.717) is 0 Å². The first kappa shape index (κ1) is 8.60. The maximum Gasteiger partial charge on any atom is 0.0158 e. The molecule has 1 saturated heterocycles. The Kier molecular flexibility index (Phi) is 2.94. The molecule has 64 valence electrons. The van der Waals surface area contributed by atoms with E-state index in [9.17, 15) is 0 Å². The molecule has 0 amide bonds. The van der Waals surface area contributed by atoms with Gasteiger partial charge in [0.05, 0.1) is 0 Å². The first-order chi connectivity index (χ1) is 5.20. The van der Waals surface area contributed by atoms with Crippen molar-refractivity contribution in [1.29, 1.82) is 0 Å². The van der Waals surface area contributed by atoms with Gasteiger partial charge in [0.15, 0.2) is 0 Å². The van der Waals surface area contributed by atoms with Crippen LogP contribution < -0.4 is 5.32 Å². The van der Waals surface area contributed by atoms with Crippen LogP contribution in [-0.2, 0) is 0 Å².